The van der Waals surface area contributed by atoms with Gasteiger partial charge in [-0.3, -0.25) is 58.3 Å². The molecular weight excluding hydrogens is 1080 g/mol. The van der Waals surface area contributed by atoms with E-state index in [4.69, 9.17) is 57.3 Å². The smallest absolute Gasteiger partial charge is 0.326 e. The molecule has 0 aliphatic heterocycles. The number of aliphatic imine (C=N–C) groups is 4. The number of aliphatic carboxylic acids is 1. The van der Waals surface area contributed by atoms with Crippen LogP contribution in [0, 0.1) is 0 Å². The second-order valence-corrected chi connectivity index (χ2v) is 19.3. The Morgan fingerprint density at radius 3 is 0.964 bits per heavy atom. The highest BCUT2D eigenvalue weighted by atomic mass is 16.4. The fourth-order valence-electron chi connectivity index (χ4n) is 8.01. The number of nitrogens with two attached hydrogens (primary N) is 10. The largest absolute Gasteiger partial charge is 0.480 e. The average molecular weight is 1180 g/mol. The van der Waals surface area contributed by atoms with Gasteiger partial charge in [0.25, 0.3) is 0 Å². The van der Waals surface area contributed by atoms with Gasteiger partial charge in [-0.2, -0.15) is 0 Å². The van der Waals surface area contributed by atoms with Crippen LogP contribution >= 0.6 is 0 Å². The number of carbonyl (C=O) groups is 9. The maximum Gasteiger partial charge on any atom is 0.326 e. The third kappa shape index (κ3) is 32.4. The number of amides is 8. The third-order valence-corrected chi connectivity index (χ3v) is 12.2. The number of unbranched alkanes of at least 4 members (excludes halogenated alkanes) is 2. The Morgan fingerprint density at radius 1 is 0.398 bits per heavy atom. The van der Waals surface area contributed by atoms with E-state index in [-0.39, 0.29) is 140 Å². The summed E-state index contributed by atoms with van der Waals surface area (Å²) < 4.78 is 0. The maximum atomic E-state index is 14.5. The van der Waals surface area contributed by atoms with E-state index >= 15 is 0 Å². The highest BCUT2D eigenvalue weighted by Crippen LogP contribution is 2.12. The lowest BCUT2D eigenvalue weighted by Crippen LogP contribution is -2.60. The van der Waals surface area contributed by atoms with E-state index in [9.17, 15) is 53.4 Å². The Balaban J connectivity index is 3.66. The SMILES string of the molecule is CC(=O)N[C@@H](Cc1ccccc1)C(=O)N[C@@H](CCCN=C(N)N)C(=O)N[C@@H](CCCCN)C(=O)N[C@@H](CCCN=C(N)N)C(=O)N[C@@H](CCCCN)C(=O)N[C@@H](CCCN=C(N)N)C(=O)N[C@@H](CO)C(=O)N[C@@H](CCCN=C(N)N)C(=O)O. The minimum atomic E-state index is -1.71. The first-order valence-corrected chi connectivity index (χ1v) is 27.3. The van der Waals surface area contributed by atoms with E-state index in [1.807, 2.05) is 0 Å². The third-order valence-electron chi connectivity index (χ3n) is 12.2. The second-order valence-electron chi connectivity index (χ2n) is 19.3. The Bertz CT molecular complexity index is 2330. The summed E-state index contributed by atoms with van der Waals surface area (Å²) in [5.41, 5.74) is 56.1. The van der Waals surface area contributed by atoms with Crippen LogP contribution in [0.3, 0.4) is 0 Å². The monoisotopic (exact) mass is 1170 g/mol. The molecule has 0 heterocycles. The second kappa shape index (κ2) is 41.4. The number of rotatable bonds is 43. The molecule has 0 unspecified atom stereocenters. The number of aliphatic hydroxyl groups is 1. The van der Waals surface area contributed by atoms with Crippen molar-refractivity contribution in [1.29, 1.82) is 0 Å². The number of guanidine groups is 4. The van der Waals surface area contributed by atoms with Crippen LogP contribution in [-0.4, -0.2) is 181 Å². The van der Waals surface area contributed by atoms with Gasteiger partial charge in [-0.15, -0.1) is 0 Å². The number of benzene rings is 1. The summed E-state index contributed by atoms with van der Waals surface area (Å²) >= 11 is 0. The van der Waals surface area contributed by atoms with Gasteiger partial charge in [-0.1, -0.05) is 30.3 Å². The molecule has 1 rings (SSSR count). The lowest BCUT2D eigenvalue weighted by atomic mass is 10.0. The number of hydrogen-bond acceptors (Lipinski definition) is 16. The van der Waals surface area contributed by atoms with E-state index in [1.165, 1.54) is 6.92 Å². The van der Waals surface area contributed by atoms with E-state index in [1.54, 1.807) is 30.3 Å². The summed E-state index contributed by atoms with van der Waals surface area (Å²) in [7, 11) is 0. The fourth-order valence-corrected chi connectivity index (χ4v) is 8.01. The van der Waals surface area contributed by atoms with Gasteiger partial charge in [0.15, 0.2) is 23.8 Å². The topological polar surface area (TPSA) is 600 Å². The molecule has 0 fully saturated rings. The zero-order valence-electron chi connectivity index (χ0n) is 47.2. The fraction of sp³-hybridized carbons (Fsp3) is 0.620. The predicted octanol–water partition coefficient (Wildman–Crippen LogP) is -7.32. The first-order valence-electron chi connectivity index (χ1n) is 27.3. The Labute approximate surface area is 482 Å². The van der Waals surface area contributed by atoms with Crippen LogP contribution in [-0.2, 0) is 49.6 Å². The Morgan fingerprint density at radius 2 is 0.675 bits per heavy atom. The summed E-state index contributed by atoms with van der Waals surface area (Å²) in [4.78, 5) is 139. The van der Waals surface area contributed by atoms with Gasteiger partial charge in [0.2, 0.25) is 47.3 Å². The van der Waals surface area contributed by atoms with Gasteiger partial charge < -0.3 is 110 Å². The summed E-state index contributed by atoms with van der Waals surface area (Å²) in [5.74, 6) is -9.05. The molecule has 8 atom stereocenters. The molecule has 83 heavy (non-hydrogen) atoms. The molecule has 33 nitrogen and oxygen atoms in total. The van der Waals surface area contributed by atoms with Crippen molar-refractivity contribution in [2.45, 2.75) is 152 Å². The van der Waals surface area contributed by atoms with Crippen LogP contribution in [0.1, 0.15) is 102 Å². The summed E-state index contributed by atoms with van der Waals surface area (Å²) in [6, 6.07) is -2.39. The molecule has 0 spiro atoms. The number of nitrogens with zero attached hydrogens (tertiary/aromatic N) is 4. The molecule has 0 aliphatic carbocycles. The number of aliphatic hydroxyl groups excluding tert-OH is 1. The molecule has 33 heteroatoms. The van der Waals surface area contributed by atoms with Crippen LogP contribution in [0.25, 0.3) is 0 Å². The number of carboxylic acid groups (broad SMARTS) is 1. The normalized spacial score (nSPS) is 13.6. The van der Waals surface area contributed by atoms with Crippen LogP contribution in [0.5, 0.6) is 0 Å². The first kappa shape index (κ1) is 72.4. The van der Waals surface area contributed by atoms with Gasteiger partial charge >= 0.3 is 5.97 Å². The summed E-state index contributed by atoms with van der Waals surface area (Å²) in [5, 5.41) is 40.5. The van der Waals surface area contributed by atoms with Crippen LogP contribution in [0.4, 0.5) is 0 Å². The van der Waals surface area contributed by atoms with Crippen molar-refractivity contribution < 1.29 is 53.4 Å². The van der Waals surface area contributed by atoms with Crippen molar-refractivity contribution in [1.82, 2.24) is 42.5 Å². The van der Waals surface area contributed by atoms with E-state index in [0.717, 1.165) is 5.56 Å². The van der Waals surface area contributed by atoms with E-state index < -0.39 is 108 Å². The van der Waals surface area contributed by atoms with Crippen molar-refractivity contribution in [2.24, 2.45) is 77.3 Å². The van der Waals surface area contributed by atoms with Gasteiger partial charge in [-0.05, 0) is 109 Å². The average Bonchev–Trinajstić information content (AvgIpc) is 3.53. The van der Waals surface area contributed by atoms with Gasteiger partial charge in [-0.25, -0.2) is 4.79 Å². The minimum absolute atomic E-state index is 0.00390. The van der Waals surface area contributed by atoms with E-state index in [2.05, 4.69) is 62.5 Å². The Kier molecular flexibility index (Phi) is 36.1. The number of hydrogen-bond donors (Lipinski definition) is 20. The quantitative estimate of drug-likeness (QED) is 0.0164. The van der Waals surface area contributed by atoms with Crippen LogP contribution in [0.2, 0.25) is 0 Å². The molecule has 0 saturated heterocycles. The molecule has 1 aromatic carbocycles. The highest BCUT2D eigenvalue weighted by molar-refractivity contribution is 5.98. The highest BCUT2D eigenvalue weighted by Gasteiger charge is 2.35. The standard InChI is InChI=1S/C50H90N22O11/c1-29(74)65-37(27-30-13-3-2-4-14-30)44(80)70-34(18-10-24-62-48(55)56)42(78)67-31(15-5-7-21-51)39(75)68-33(17-9-23-61-47(53)54)41(77)66-32(16-6-8-22-52)40(76)69-35(19-11-25-63-49(57)58)43(79)72-38(28-73)45(81)71-36(46(82)83)20-12-26-64-50(59)60/h2-4,13-14,31-38,73H,5-12,15-28,51-52H2,1H3,(H,65,74)(H,66,77)(H,67,78)(H,68,75)(H,69,76)(H,70,80)(H,71,81)(H,72,79)(H,82,83)(H4,53,54,61)(H4,55,56,62)(H4,57,58,63)(H4,59,60,64)/t31-,32-,33-,34-,35-,36-,37-,38-/m0/s1. The van der Waals surface area contributed by atoms with Crippen LogP contribution in [0.15, 0.2) is 50.3 Å². The summed E-state index contributed by atoms with van der Waals surface area (Å²) in [6.45, 7) is 0.792. The molecule has 0 saturated carbocycles. The maximum absolute atomic E-state index is 14.5. The lowest BCUT2D eigenvalue weighted by Gasteiger charge is -2.28. The van der Waals surface area contributed by atoms with Crippen LogP contribution < -0.4 is 99.9 Å². The van der Waals surface area contributed by atoms with E-state index in [0.29, 0.717) is 19.3 Å². The predicted molar refractivity (Wildman–Crippen MR) is 311 cm³/mol. The number of nitrogens with one attached hydrogen (secondary N) is 8. The van der Waals surface area contributed by atoms with Gasteiger partial charge in [0.1, 0.15) is 48.3 Å². The molecule has 8 amide bonds. The van der Waals surface area contributed by atoms with Crippen molar-refractivity contribution in [3.63, 3.8) is 0 Å². The van der Waals surface area contributed by atoms with Crippen molar-refractivity contribution in [3.8, 4) is 0 Å². The molecule has 0 aliphatic rings. The molecule has 0 bridgehead atoms. The molecule has 30 N–H and O–H groups in total. The number of carbonyl (C=O) groups excluding carboxylic acids is 8. The van der Waals surface area contributed by atoms with Crippen molar-refractivity contribution in [2.75, 3.05) is 45.9 Å². The zero-order chi connectivity index (χ0) is 62.3. The first-order chi connectivity index (χ1) is 39.4. The van der Waals surface area contributed by atoms with Gasteiger partial charge in [0, 0.05) is 39.5 Å². The lowest BCUT2D eigenvalue weighted by molar-refractivity contribution is -0.142. The molecule has 0 radical (unpaired) electrons. The molecular formula is C50H90N22O11. The minimum Gasteiger partial charge on any atom is -0.480 e. The summed E-state index contributed by atoms with van der Waals surface area (Å²) in [6.07, 6.45) is 1.52. The Hall–Kier alpha value is -8.59. The van der Waals surface area contributed by atoms with Gasteiger partial charge in [0.05, 0.1) is 6.61 Å². The van der Waals surface area contributed by atoms with Crippen molar-refractivity contribution in [3.05, 3.63) is 35.9 Å². The zero-order valence-corrected chi connectivity index (χ0v) is 47.2. The molecule has 1 aromatic rings. The molecule has 0 aromatic heterocycles. The molecule has 466 valence electrons. The number of carboxylic acids is 1. The van der Waals surface area contributed by atoms with Crippen molar-refractivity contribution >= 4 is 77.1 Å².